The van der Waals surface area contributed by atoms with Crippen molar-refractivity contribution in [3.05, 3.63) is 53.4 Å². The summed E-state index contributed by atoms with van der Waals surface area (Å²) in [5, 5.41) is 13.9. The van der Waals surface area contributed by atoms with E-state index in [0.29, 0.717) is 0 Å². The number of hydrogen-bond acceptors (Lipinski definition) is 8. The highest BCUT2D eigenvalue weighted by atomic mass is 35.5. The maximum absolute atomic E-state index is 13.7. The summed E-state index contributed by atoms with van der Waals surface area (Å²) in [4.78, 5) is 44.2. The molecule has 0 bridgehead atoms. The van der Waals surface area contributed by atoms with Crippen LogP contribution in [0.25, 0.3) is 16.9 Å². The molecule has 2 N–H and O–H groups in total. The summed E-state index contributed by atoms with van der Waals surface area (Å²) in [5.41, 5.74) is -0.821. The normalized spacial score (nSPS) is 11.5. The van der Waals surface area contributed by atoms with Crippen LogP contribution in [-0.4, -0.2) is 73.5 Å². The van der Waals surface area contributed by atoms with E-state index in [9.17, 15) is 23.2 Å². The lowest BCUT2D eigenvalue weighted by Gasteiger charge is -2.19. The average Bonchev–Trinajstić information content (AvgIpc) is 3.43. The van der Waals surface area contributed by atoms with E-state index in [2.05, 4.69) is 30.6 Å². The van der Waals surface area contributed by atoms with Crippen LogP contribution < -0.4 is 15.4 Å². The summed E-state index contributed by atoms with van der Waals surface area (Å²) < 4.78 is 38.9. The first kappa shape index (κ1) is 30.2. The van der Waals surface area contributed by atoms with E-state index >= 15 is 0 Å². The number of halogens is 3. The summed E-state index contributed by atoms with van der Waals surface area (Å²) in [6, 6.07) is 5.50. The van der Waals surface area contributed by atoms with E-state index in [0.717, 1.165) is 0 Å². The first-order chi connectivity index (χ1) is 19.7. The molecule has 3 heterocycles. The van der Waals surface area contributed by atoms with Gasteiger partial charge in [0, 0.05) is 43.3 Å². The molecule has 0 saturated heterocycles. The molecule has 0 radical (unpaired) electrons. The molecule has 0 aliphatic heterocycles. The fraction of sp³-hybridized carbons (Fsp3) is 0.308. The largest absolute Gasteiger partial charge is 0.444 e. The first-order valence-corrected chi connectivity index (χ1v) is 12.8. The maximum Gasteiger partial charge on any atom is 0.413 e. The molecule has 222 valence electrons. The molecule has 0 atom stereocenters. The van der Waals surface area contributed by atoms with Crippen LogP contribution in [0, 0.1) is 0 Å². The Morgan fingerprint density at radius 1 is 1.14 bits per heavy atom. The number of hydrogen-bond donors (Lipinski definition) is 2. The summed E-state index contributed by atoms with van der Waals surface area (Å²) in [7, 11) is 3.11. The van der Waals surface area contributed by atoms with Crippen LogP contribution in [0.15, 0.2) is 42.9 Å². The predicted molar refractivity (Wildman–Crippen MR) is 149 cm³/mol. The van der Waals surface area contributed by atoms with E-state index in [1.165, 1.54) is 50.9 Å². The predicted octanol–water partition coefficient (Wildman–Crippen LogP) is 4.54. The van der Waals surface area contributed by atoms with E-state index in [-0.39, 0.29) is 57.2 Å². The molecule has 0 spiro atoms. The minimum atomic E-state index is -3.16. The van der Waals surface area contributed by atoms with Crippen LogP contribution in [0.2, 0.25) is 5.02 Å². The Hall–Kier alpha value is -4.79. The minimum absolute atomic E-state index is 0.0147. The number of anilines is 2. The Labute approximate surface area is 243 Å². The third-order valence-electron chi connectivity index (χ3n) is 5.46. The Balaban J connectivity index is 1.79. The first-order valence-electron chi connectivity index (χ1n) is 12.4. The van der Waals surface area contributed by atoms with Gasteiger partial charge in [0.25, 0.3) is 5.91 Å². The summed E-state index contributed by atoms with van der Waals surface area (Å²) >= 11 is 6.16. The number of alkyl halides is 2. The van der Waals surface area contributed by atoms with Crippen molar-refractivity contribution >= 4 is 46.7 Å². The molecular weight excluding hydrogens is 578 g/mol. The van der Waals surface area contributed by atoms with Crippen LogP contribution in [0.5, 0.6) is 5.75 Å². The number of amides is 3. The fourth-order valence-corrected chi connectivity index (χ4v) is 3.90. The molecule has 0 aliphatic carbocycles. The number of rotatable bonds is 8. The van der Waals surface area contributed by atoms with E-state index in [1.807, 2.05) is 0 Å². The van der Waals surface area contributed by atoms with Gasteiger partial charge in [-0.25, -0.2) is 14.3 Å². The van der Waals surface area contributed by atoms with Crippen molar-refractivity contribution in [1.29, 1.82) is 0 Å². The van der Waals surface area contributed by atoms with Gasteiger partial charge in [-0.05, 0) is 45.0 Å². The van der Waals surface area contributed by atoms with Crippen molar-refractivity contribution in [1.82, 2.24) is 29.3 Å². The van der Waals surface area contributed by atoms with Crippen molar-refractivity contribution in [3.8, 4) is 17.0 Å². The van der Waals surface area contributed by atoms with Crippen LogP contribution in [0.3, 0.4) is 0 Å². The molecule has 13 nitrogen and oxygen atoms in total. The number of fused-ring (bicyclic) bond motifs is 1. The molecule has 3 amide bonds. The second kappa shape index (κ2) is 12.0. The number of carbonyl (C=O) groups excluding carboxylic acids is 3. The van der Waals surface area contributed by atoms with Crippen LogP contribution in [-0.2, 0) is 16.1 Å². The number of nitrogens with zero attached hydrogens (tertiary/aromatic N) is 6. The van der Waals surface area contributed by atoms with Crippen molar-refractivity contribution in [3.63, 3.8) is 0 Å². The summed E-state index contributed by atoms with van der Waals surface area (Å²) in [5.74, 6) is -1.53. The van der Waals surface area contributed by atoms with Gasteiger partial charge in [0.05, 0.1) is 5.69 Å². The van der Waals surface area contributed by atoms with Gasteiger partial charge in [-0.1, -0.05) is 11.6 Å². The number of aromatic nitrogens is 5. The number of likely N-dealkylation sites (N-methyl/N-ethyl adjacent to an activating group) is 1. The van der Waals surface area contributed by atoms with E-state index in [4.69, 9.17) is 16.3 Å². The van der Waals surface area contributed by atoms with Gasteiger partial charge in [-0.3, -0.25) is 19.6 Å². The highest BCUT2D eigenvalue weighted by Gasteiger charge is 2.27. The number of nitrogens with one attached hydrogen (secondary N) is 2. The second-order valence-corrected chi connectivity index (χ2v) is 10.5. The topological polar surface area (TPSA) is 145 Å². The highest BCUT2D eigenvalue weighted by Crippen LogP contribution is 2.37. The lowest BCUT2D eigenvalue weighted by atomic mass is 10.1. The monoisotopic (exact) mass is 604 g/mol. The van der Waals surface area contributed by atoms with Crippen molar-refractivity contribution < 1.29 is 32.6 Å². The molecule has 0 fully saturated rings. The highest BCUT2D eigenvalue weighted by molar-refractivity contribution is 6.31. The summed E-state index contributed by atoms with van der Waals surface area (Å²) in [6.07, 6.45) is 3.45. The standard InChI is InChI=1S/C26H27ClF2N8O5/c1-26(2,3)42-25(40)32-21-19(22-30-9-6-10-37(22)34-21)23(39)31-16-12-36(13-18(38)35(4)5)33-20(16)15-11-14(27)7-8-17(15)41-24(28)29/h6-12,24H,13H2,1-5H3,(H,31,39)(H,32,34,40). The zero-order chi connectivity index (χ0) is 30.8. The fourth-order valence-electron chi connectivity index (χ4n) is 3.73. The Bertz CT molecular complexity index is 1650. The second-order valence-electron chi connectivity index (χ2n) is 10.1. The molecular formula is C26H27ClF2N8O5. The molecule has 0 unspecified atom stereocenters. The van der Waals surface area contributed by atoms with Gasteiger partial charge in [0.1, 0.15) is 29.2 Å². The Morgan fingerprint density at radius 2 is 1.88 bits per heavy atom. The lowest BCUT2D eigenvalue weighted by Crippen LogP contribution is -2.28. The van der Waals surface area contributed by atoms with Gasteiger partial charge in [0.2, 0.25) is 5.91 Å². The van der Waals surface area contributed by atoms with E-state index in [1.54, 1.807) is 40.9 Å². The molecule has 4 rings (SSSR count). The molecule has 1 aromatic carbocycles. The third-order valence-corrected chi connectivity index (χ3v) is 5.70. The smallest absolute Gasteiger partial charge is 0.413 e. The van der Waals surface area contributed by atoms with E-state index < -0.39 is 24.2 Å². The zero-order valence-electron chi connectivity index (χ0n) is 23.2. The molecule has 16 heteroatoms. The van der Waals surface area contributed by atoms with Gasteiger partial charge in [0.15, 0.2) is 11.5 Å². The quantitative estimate of drug-likeness (QED) is 0.298. The van der Waals surface area contributed by atoms with Crippen molar-refractivity contribution in [2.45, 2.75) is 39.5 Å². The van der Waals surface area contributed by atoms with Crippen molar-refractivity contribution in [2.24, 2.45) is 0 Å². The zero-order valence-corrected chi connectivity index (χ0v) is 23.9. The molecule has 0 saturated carbocycles. The molecule has 42 heavy (non-hydrogen) atoms. The minimum Gasteiger partial charge on any atom is -0.444 e. The van der Waals surface area contributed by atoms with Crippen LogP contribution in [0.1, 0.15) is 31.1 Å². The summed E-state index contributed by atoms with van der Waals surface area (Å²) in [6.45, 7) is 1.63. The van der Waals surface area contributed by atoms with Crippen molar-refractivity contribution in [2.75, 3.05) is 24.7 Å². The number of benzene rings is 1. The van der Waals surface area contributed by atoms with Gasteiger partial charge in [-0.15, -0.1) is 5.10 Å². The number of ether oxygens (including phenoxy) is 2. The van der Waals surface area contributed by atoms with Gasteiger partial charge >= 0.3 is 12.7 Å². The SMILES string of the molecule is CN(C)C(=O)Cn1cc(NC(=O)c2c(NC(=O)OC(C)(C)C)nn3cccnc23)c(-c2cc(Cl)ccc2OC(F)F)n1. The van der Waals surface area contributed by atoms with Crippen LogP contribution in [0.4, 0.5) is 25.1 Å². The Kier molecular flexibility index (Phi) is 8.61. The molecule has 4 aromatic rings. The van der Waals surface area contributed by atoms with Gasteiger partial charge < -0.3 is 19.7 Å². The third kappa shape index (κ3) is 7.09. The molecule has 3 aromatic heterocycles. The lowest BCUT2D eigenvalue weighted by molar-refractivity contribution is -0.129. The van der Waals surface area contributed by atoms with Crippen LogP contribution >= 0.6 is 11.6 Å². The maximum atomic E-state index is 13.7. The Morgan fingerprint density at radius 3 is 2.55 bits per heavy atom. The molecule has 0 aliphatic rings. The average molecular weight is 605 g/mol. The van der Waals surface area contributed by atoms with Gasteiger partial charge in [-0.2, -0.15) is 13.9 Å². The number of carbonyl (C=O) groups is 3.